The molecule has 0 aliphatic carbocycles. The number of nitrogens with one attached hydrogen (secondary N) is 1. The van der Waals surface area contributed by atoms with Gasteiger partial charge in [0.1, 0.15) is 4.88 Å². The molecule has 1 aliphatic rings. The lowest BCUT2D eigenvalue weighted by molar-refractivity contribution is -0.112. The summed E-state index contributed by atoms with van der Waals surface area (Å²) in [4.78, 5) is 20.8. The maximum atomic E-state index is 12.4. The molecule has 2 aromatic carbocycles. The first kappa shape index (κ1) is 18.3. The van der Waals surface area contributed by atoms with Crippen LogP contribution in [0.25, 0.3) is 5.57 Å². The van der Waals surface area contributed by atoms with Crippen molar-refractivity contribution < 1.29 is 18.3 Å². The van der Waals surface area contributed by atoms with Crippen LogP contribution in [0.3, 0.4) is 0 Å². The molecule has 1 aliphatic heterocycles. The van der Waals surface area contributed by atoms with Crippen LogP contribution in [0.15, 0.2) is 52.4 Å². The number of aromatic nitrogens is 1. The zero-order valence-electron chi connectivity index (χ0n) is 14.5. The zero-order valence-corrected chi connectivity index (χ0v) is 16.1. The van der Waals surface area contributed by atoms with Gasteiger partial charge in [-0.25, -0.2) is 18.5 Å². The van der Waals surface area contributed by atoms with Crippen LogP contribution in [0, 0.1) is 6.92 Å². The highest BCUT2D eigenvalue weighted by Crippen LogP contribution is 2.35. The summed E-state index contributed by atoms with van der Waals surface area (Å²) in [5, 5.41) is 19.9. The van der Waals surface area contributed by atoms with Crippen molar-refractivity contribution in [1.82, 2.24) is 4.98 Å². The van der Waals surface area contributed by atoms with Crippen molar-refractivity contribution in [2.24, 2.45) is 10.1 Å². The van der Waals surface area contributed by atoms with E-state index in [0.29, 0.717) is 31.8 Å². The number of carbonyl (C=O) groups excluding carboxylic acids is 1. The smallest absolute Gasteiger partial charge is 0.279 e. The molecule has 0 radical (unpaired) electrons. The van der Waals surface area contributed by atoms with Crippen LogP contribution in [0.1, 0.15) is 10.4 Å². The predicted octanol–water partition coefficient (Wildman–Crippen LogP) is 0.907. The van der Waals surface area contributed by atoms with E-state index < -0.39 is 15.9 Å². The quantitative estimate of drug-likeness (QED) is 0.581. The fourth-order valence-electron chi connectivity index (χ4n) is 2.83. The summed E-state index contributed by atoms with van der Waals surface area (Å²) in [6.45, 7) is 1.91. The van der Waals surface area contributed by atoms with Crippen molar-refractivity contribution in [3.63, 3.8) is 0 Å². The highest BCUT2D eigenvalue weighted by atomic mass is 32.2. The van der Waals surface area contributed by atoms with Gasteiger partial charge in [-0.05, 0) is 43.3 Å². The molecule has 0 atom stereocenters. The Balaban J connectivity index is 1.71. The third-order valence-electron chi connectivity index (χ3n) is 4.13. The molecule has 0 saturated heterocycles. The Labute approximate surface area is 163 Å². The molecule has 1 aromatic heterocycles. The molecule has 8 nitrogen and oxygen atoms in total. The van der Waals surface area contributed by atoms with E-state index in [1.54, 1.807) is 6.07 Å². The lowest BCUT2D eigenvalue weighted by Gasteiger charge is -2.03. The van der Waals surface area contributed by atoms with Gasteiger partial charge < -0.3 is 10.4 Å². The molecule has 0 spiro atoms. The zero-order chi connectivity index (χ0) is 20.1. The number of thiazole rings is 1. The van der Waals surface area contributed by atoms with E-state index in [0.717, 1.165) is 16.9 Å². The Bertz CT molecular complexity index is 1340. The van der Waals surface area contributed by atoms with Crippen molar-refractivity contribution in [3.05, 3.63) is 63.5 Å². The van der Waals surface area contributed by atoms with E-state index in [1.807, 2.05) is 19.1 Å². The minimum atomic E-state index is -3.78. The fourth-order valence-corrected chi connectivity index (χ4v) is 4.27. The van der Waals surface area contributed by atoms with Gasteiger partial charge in [0.25, 0.3) is 5.91 Å². The third kappa shape index (κ3) is 3.28. The van der Waals surface area contributed by atoms with Gasteiger partial charge in [-0.3, -0.25) is 4.79 Å². The number of fused-ring (bicyclic) bond motifs is 1. The van der Waals surface area contributed by atoms with Crippen molar-refractivity contribution in [3.8, 4) is 5.88 Å². The molecule has 3 aromatic rings. The van der Waals surface area contributed by atoms with Crippen molar-refractivity contribution in [2.75, 3.05) is 5.32 Å². The van der Waals surface area contributed by atoms with Crippen LogP contribution in [-0.4, -0.2) is 24.4 Å². The number of sulfonamides is 1. The number of rotatable bonds is 4. The first-order valence-electron chi connectivity index (χ1n) is 8.06. The van der Waals surface area contributed by atoms with Gasteiger partial charge in [-0.15, -0.1) is 0 Å². The number of amides is 1. The van der Waals surface area contributed by atoms with E-state index in [2.05, 4.69) is 15.3 Å². The van der Waals surface area contributed by atoms with E-state index in [-0.39, 0.29) is 10.8 Å². The molecule has 0 saturated carbocycles. The summed E-state index contributed by atoms with van der Waals surface area (Å²) in [5.41, 5.74) is 1.83. The Morgan fingerprint density at radius 1 is 1.14 bits per heavy atom. The molecule has 1 amide bonds. The molecule has 4 rings (SSSR count). The average Bonchev–Trinajstić information content (AvgIpc) is 3.12. The van der Waals surface area contributed by atoms with Crippen LogP contribution in [0.5, 0.6) is 5.88 Å². The summed E-state index contributed by atoms with van der Waals surface area (Å²) >= 11 is 1.10. The van der Waals surface area contributed by atoms with E-state index in [4.69, 9.17) is 5.14 Å². The first-order valence-corrected chi connectivity index (χ1v) is 10.4. The highest BCUT2D eigenvalue weighted by molar-refractivity contribution is 7.89. The van der Waals surface area contributed by atoms with Crippen molar-refractivity contribution in [2.45, 2.75) is 11.8 Å². The lowest BCUT2D eigenvalue weighted by Crippen LogP contribution is -2.23. The van der Waals surface area contributed by atoms with Gasteiger partial charge in [-0.2, -0.15) is 4.98 Å². The number of benzene rings is 2. The molecule has 2 heterocycles. The maximum absolute atomic E-state index is 12.4. The predicted molar refractivity (Wildman–Crippen MR) is 104 cm³/mol. The van der Waals surface area contributed by atoms with Gasteiger partial charge in [0, 0.05) is 10.9 Å². The Kier molecular flexibility index (Phi) is 4.26. The maximum Gasteiger partial charge on any atom is 0.279 e. The number of nitrogens with zero attached hydrogens (tertiary/aromatic N) is 2. The Morgan fingerprint density at radius 2 is 1.86 bits per heavy atom. The van der Waals surface area contributed by atoms with Gasteiger partial charge in [0.2, 0.25) is 15.9 Å². The number of anilines is 2. The standard InChI is InChI=1S/C18H14N4O4S2/c1-9-2-7-13-12(8-9)14(16(23)21-13)15-17(24)22-18(27-15)20-10-3-5-11(6-4-10)28(19,25)26/h2-8,24H,1H3,(H,20,22)(H2,19,25,26). The van der Waals surface area contributed by atoms with Crippen LogP contribution in [-0.2, 0) is 14.8 Å². The second-order valence-corrected chi connectivity index (χ2v) is 8.74. The summed E-state index contributed by atoms with van der Waals surface area (Å²) in [5.74, 6) is -0.704. The monoisotopic (exact) mass is 414 g/mol. The molecule has 0 fully saturated rings. The summed E-state index contributed by atoms with van der Waals surface area (Å²) in [6, 6.07) is 11.2. The molecule has 0 bridgehead atoms. The molecular formula is C18H14N4O4S2. The van der Waals surface area contributed by atoms with Gasteiger partial charge >= 0.3 is 0 Å². The van der Waals surface area contributed by atoms with Crippen LogP contribution >= 0.6 is 11.3 Å². The fraction of sp³-hybridized carbons (Fsp3) is 0.0556. The van der Waals surface area contributed by atoms with Gasteiger partial charge in [-0.1, -0.05) is 23.0 Å². The number of aromatic hydroxyl groups is 1. The first-order chi connectivity index (χ1) is 13.2. The second-order valence-electron chi connectivity index (χ2n) is 6.18. The largest absolute Gasteiger partial charge is 0.492 e. The van der Waals surface area contributed by atoms with E-state index in [9.17, 15) is 18.3 Å². The molecule has 28 heavy (non-hydrogen) atoms. The highest BCUT2D eigenvalue weighted by Gasteiger charge is 2.25. The van der Waals surface area contributed by atoms with Crippen molar-refractivity contribution >= 4 is 43.7 Å². The molecule has 4 N–H and O–H groups in total. The molecule has 10 heteroatoms. The normalized spacial score (nSPS) is 13.4. The topological polar surface area (TPSA) is 135 Å². The summed E-state index contributed by atoms with van der Waals surface area (Å²) in [6.07, 6.45) is 0. The molecular weight excluding hydrogens is 400 g/mol. The third-order valence-corrected chi connectivity index (χ3v) is 6.03. The number of hydrogen-bond acceptors (Lipinski definition) is 7. The van der Waals surface area contributed by atoms with Crippen molar-refractivity contribution in [1.29, 1.82) is 0 Å². The minimum Gasteiger partial charge on any atom is -0.492 e. The van der Waals surface area contributed by atoms with Gasteiger partial charge in [0.05, 0.1) is 15.8 Å². The van der Waals surface area contributed by atoms with Gasteiger partial charge in [0.15, 0.2) is 5.13 Å². The van der Waals surface area contributed by atoms with Crippen LogP contribution in [0.2, 0.25) is 0 Å². The molecule has 142 valence electrons. The summed E-state index contributed by atoms with van der Waals surface area (Å²) in [7, 11) is -3.78. The Hall–Kier alpha value is -3.08. The van der Waals surface area contributed by atoms with E-state index >= 15 is 0 Å². The Morgan fingerprint density at radius 3 is 2.54 bits per heavy atom. The lowest BCUT2D eigenvalue weighted by atomic mass is 10.1. The molecule has 0 unspecified atom stereocenters. The number of carbonyl (C=O) groups is 1. The van der Waals surface area contributed by atoms with Crippen LogP contribution in [0.4, 0.5) is 10.8 Å². The minimum absolute atomic E-state index is 0.0126. The number of nitrogens with two attached hydrogens (primary N) is 1. The number of aryl methyl sites for hydroxylation is 1. The average molecular weight is 414 g/mol. The number of primary sulfonamides is 1. The second kappa shape index (κ2) is 6.51. The SMILES string of the molecule is Cc1ccc2c(c1)=C(c1sc(Nc3ccc(S(N)(=O)=O)cc3)nc1O)C(=O)N=2. The van der Waals surface area contributed by atoms with E-state index in [1.165, 1.54) is 24.3 Å². The summed E-state index contributed by atoms with van der Waals surface area (Å²) < 4.78 is 22.6. The number of hydrogen-bond donors (Lipinski definition) is 3. The van der Waals surface area contributed by atoms with Crippen LogP contribution < -0.4 is 21.0 Å².